The SMILES string of the molecule is Cc1c(O)ccc2c(O)c(NC(=O)c3cccc(-c4ccccc4)c3)c(=O)oc12. The first-order chi connectivity index (χ1) is 14.0. The highest BCUT2D eigenvalue weighted by Crippen LogP contribution is 2.34. The van der Waals surface area contributed by atoms with Gasteiger partial charge in [-0.25, -0.2) is 4.79 Å². The summed E-state index contributed by atoms with van der Waals surface area (Å²) in [6, 6.07) is 19.3. The minimum atomic E-state index is -0.906. The van der Waals surface area contributed by atoms with Gasteiger partial charge in [0.2, 0.25) is 0 Å². The topological polar surface area (TPSA) is 99.8 Å². The van der Waals surface area contributed by atoms with E-state index in [-0.39, 0.29) is 22.4 Å². The minimum absolute atomic E-state index is 0.0606. The van der Waals surface area contributed by atoms with Crippen LogP contribution >= 0.6 is 0 Å². The van der Waals surface area contributed by atoms with Crippen molar-refractivity contribution in [2.45, 2.75) is 6.92 Å². The summed E-state index contributed by atoms with van der Waals surface area (Å²) in [5.41, 5.74) is 1.26. The van der Waals surface area contributed by atoms with Crippen molar-refractivity contribution in [3.05, 3.63) is 88.3 Å². The number of aryl methyl sites for hydroxylation is 1. The maximum absolute atomic E-state index is 12.7. The van der Waals surface area contributed by atoms with Gasteiger partial charge in [-0.15, -0.1) is 0 Å². The number of nitrogens with one attached hydrogen (secondary N) is 1. The Hall–Kier alpha value is -4.06. The molecule has 29 heavy (non-hydrogen) atoms. The molecule has 144 valence electrons. The molecule has 1 aromatic heterocycles. The Bertz CT molecular complexity index is 1290. The lowest BCUT2D eigenvalue weighted by Gasteiger charge is -2.10. The first-order valence-electron chi connectivity index (χ1n) is 8.91. The Kier molecular flexibility index (Phi) is 4.52. The molecule has 0 spiro atoms. The van der Waals surface area contributed by atoms with E-state index in [9.17, 15) is 19.8 Å². The van der Waals surface area contributed by atoms with E-state index in [0.29, 0.717) is 11.1 Å². The maximum atomic E-state index is 12.7. The number of carbonyl (C=O) groups is 1. The molecule has 3 N–H and O–H groups in total. The van der Waals surface area contributed by atoms with Gasteiger partial charge in [0.05, 0.1) is 5.39 Å². The molecule has 0 aliphatic carbocycles. The molecule has 0 aliphatic heterocycles. The van der Waals surface area contributed by atoms with Crippen LogP contribution in [0.5, 0.6) is 11.5 Å². The maximum Gasteiger partial charge on any atom is 0.364 e. The summed E-state index contributed by atoms with van der Waals surface area (Å²) in [4.78, 5) is 25.1. The first kappa shape index (κ1) is 18.3. The molecule has 0 aliphatic rings. The molecule has 1 amide bonds. The van der Waals surface area contributed by atoms with Crippen LogP contribution in [-0.2, 0) is 0 Å². The number of rotatable bonds is 3. The molecule has 0 atom stereocenters. The fraction of sp³-hybridized carbons (Fsp3) is 0.0435. The van der Waals surface area contributed by atoms with Crippen LogP contribution in [0.3, 0.4) is 0 Å². The Morgan fingerprint density at radius 1 is 0.931 bits per heavy atom. The molecular weight excluding hydrogens is 370 g/mol. The lowest BCUT2D eigenvalue weighted by atomic mass is 10.0. The van der Waals surface area contributed by atoms with E-state index in [4.69, 9.17) is 4.42 Å². The molecular formula is C23H17NO5. The minimum Gasteiger partial charge on any atom is -0.508 e. The van der Waals surface area contributed by atoms with Crippen LogP contribution in [0.2, 0.25) is 0 Å². The molecule has 3 aromatic carbocycles. The molecule has 4 aromatic rings. The smallest absolute Gasteiger partial charge is 0.364 e. The van der Waals surface area contributed by atoms with Crippen LogP contribution in [0.15, 0.2) is 75.9 Å². The normalized spacial score (nSPS) is 10.8. The van der Waals surface area contributed by atoms with Crippen molar-refractivity contribution >= 4 is 22.6 Å². The van der Waals surface area contributed by atoms with Crippen molar-refractivity contribution in [2.24, 2.45) is 0 Å². The molecule has 0 saturated heterocycles. The van der Waals surface area contributed by atoms with Gasteiger partial charge in [-0.1, -0.05) is 42.5 Å². The van der Waals surface area contributed by atoms with E-state index in [1.807, 2.05) is 36.4 Å². The molecule has 4 rings (SSSR count). The van der Waals surface area contributed by atoms with Crippen molar-refractivity contribution in [1.82, 2.24) is 0 Å². The fourth-order valence-electron chi connectivity index (χ4n) is 3.14. The average molecular weight is 387 g/mol. The largest absolute Gasteiger partial charge is 0.508 e. The van der Waals surface area contributed by atoms with Gasteiger partial charge in [-0.05, 0) is 42.3 Å². The molecule has 6 nitrogen and oxygen atoms in total. The highest BCUT2D eigenvalue weighted by Gasteiger charge is 2.19. The predicted molar refractivity (Wildman–Crippen MR) is 110 cm³/mol. The van der Waals surface area contributed by atoms with Gasteiger partial charge in [0, 0.05) is 11.1 Å². The number of benzene rings is 3. The summed E-state index contributed by atoms with van der Waals surface area (Å²) in [7, 11) is 0. The quantitative estimate of drug-likeness (QED) is 0.452. The molecule has 0 bridgehead atoms. The third-order valence-electron chi connectivity index (χ3n) is 4.74. The number of aromatic hydroxyl groups is 2. The Morgan fingerprint density at radius 3 is 2.41 bits per heavy atom. The van der Waals surface area contributed by atoms with E-state index in [0.717, 1.165) is 11.1 Å². The van der Waals surface area contributed by atoms with E-state index < -0.39 is 17.3 Å². The number of fused-ring (bicyclic) bond motifs is 1. The zero-order valence-corrected chi connectivity index (χ0v) is 15.5. The second-order valence-corrected chi connectivity index (χ2v) is 6.60. The average Bonchev–Trinajstić information content (AvgIpc) is 2.74. The van der Waals surface area contributed by atoms with Gasteiger partial charge in [0.15, 0.2) is 11.4 Å². The zero-order chi connectivity index (χ0) is 20.5. The molecule has 0 saturated carbocycles. The van der Waals surface area contributed by atoms with E-state index in [1.165, 1.54) is 12.1 Å². The number of carbonyl (C=O) groups excluding carboxylic acids is 1. The number of phenols is 1. The number of anilines is 1. The Balaban J connectivity index is 1.72. The van der Waals surface area contributed by atoms with Crippen molar-refractivity contribution in [2.75, 3.05) is 5.32 Å². The van der Waals surface area contributed by atoms with E-state index >= 15 is 0 Å². The summed E-state index contributed by atoms with van der Waals surface area (Å²) >= 11 is 0. The Labute approximate surface area is 165 Å². The third-order valence-corrected chi connectivity index (χ3v) is 4.74. The fourth-order valence-corrected chi connectivity index (χ4v) is 3.14. The van der Waals surface area contributed by atoms with Gasteiger partial charge < -0.3 is 19.9 Å². The second-order valence-electron chi connectivity index (χ2n) is 6.60. The predicted octanol–water partition coefficient (Wildman–Crippen LogP) is 4.43. The highest BCUT2D eigenvalue weighted by molar-refractivity contribution is 6.07. The molecule has 0 unspecified atom stereocenters. The second kappa shape index (κ2) is 7.16. The standard InChI is InChI=1S/C23H17NO5/c1-13-18(25)11-10-17-20(26)19(23(28)29-21(13)17)24-22(27)16-9-5-8-15(12-16)14-6-3-2-4-7-14/h2-12,25-26H,1H3,(H,24,27). The molecule has 0 radical (unpaired) electrons. The molecule has 0 fully saturated rings. The highest BCUT2D eigenvalue weighted by atomic mass is 16.4. The summed E-state index contributed by atoms with van der Waals surface area (Å²) in [5.74, 6) is -1.03. The van der Waals surface area contributed by atoms with Crippen LogP contribution in [-0.4, -0.2) is 16.1 Å². The lowest BCUT2D eigenvalue weighted by Crippen LogP contribution is -2.18. The summed E-state index contributed by atoms with van der Waals surface area (Å²) < 4.78 is 5.22. The van der Waals surface area contributed by atoms with Crippen LogP contribution in [0, 0.1) is 6.92 Å². The molecule has 6 heteroatoms. The van der Waals surface area contributed by atoms with Crippen LogP contribution in [0.4, 0.5) is 5.69 Å². The third kappa shape index (κ3) is 3.32. The number of hydrogen-bond acceptors (Lipinski definition) is 5. The summed E-state index contributed by atoms with van der Waals surface area (Å²) in [6.07, 6.45) is 0. The lowest BCUT2D eigenvalue weighted by molar-refractivity contribution is 0.102. The van der Waals surface area contributed by atoms with Gasteiger partial charge in [-0.3, -0.25) is 4.79 Å². The van der Waals surface area contributed by atoms with Crippen molar-refractivity contribution in [1.29, 1.82) is 0 Å². The van der Waals surface area contributed by atoms with Gasteiger partial charge in [-0.2, -0.15) is 0 Å². The monoisotopic (exact) mass is 387 g/mol. The first-order valence-corrected chi connectivity index (χ1v) is 8.91. The summed E-state index contributed by atoms with van der Waals surface area (Å²) in [5, 5.41) is 22.9. The Morgan fingerprint density at radius 2 is 1.66 bits per heavy atom. The number of hydrogen-bond donors (Lipinski definition) is 3. The van der Waals surface area contributed by atoms with Crippen LogP contribution < -0.4 is 10.9 Å². The van der Waals surface area contributed by atoms with Crippen molar-refractivity contribution in [3.63, 3.8) is 0 Å². The number of amides is 1. The van der Waals surface area contributed by atoms with Gasteiger partial charge >= 0.3 is 5.63 Å². The van der Waals surface area contributed by atoms with Gasteiger partial charge in [0.1, 0.15) is 11.3 Å². The van der Waals surface area contributed by atoms with Gasteiger partial charge in [0.25, 0.3) is 5.91 Å². The van der Waals surface area contributed by atoms with E-state index in [1.54, 1.807) is 25.1 Å². The van der Waals surface area contributed by atoms with E-state index in [2.05, 4.69) is 5.32 Å². The summed E-state index contributed by atoms with van der Waals surface area (Å²) in [6.45, 7) is 1.56. The van der Waals surface area contributed by atoms with Crippen LogP contribution in [0.25, 0.3) is 22.1 Å². The number of phenolic OH excluding ortho intramolecular Hbond substituents is 1. The zero-order valence-electron chi connectivity index (χ0n) is 15.5. The van der Waals surface area contributed by atoms with Crippen LogP contribution in [0.1, 0.15) is 15.9 Å². The van der Waals surface area contributed by atoms with Crippen molar-refractivity contribution in [3.8, 4) is 22.6 Å². The van der Waals surface area contributed by atoms with Crippen molar-refractivity contribution < 1.29 is 19.4 Å². The molecule has 1 heterocycles.